The van der Waals surface area contributed by atoms with E-state index in [1.54, 1.807) is 6.92 Å². The Kier molecular flexibility index (Phi) is 4.61. The zero-order valence-electron chi connectivity index (χ0n) is 7.56. The van der Waals surface area contributed by atoms with Crippen molar-refractivity contribution < 1.29 is 4.79 Å². The van der Waals surface area contributed by atoms with Gasteiger partial charge in [-0.2, -0.15) is 0 Å². The monoisotopic (exact) mass is 338 g/mol. The third-order valence-corrected chi connectivity index (χ3v) is 3.80. The summed E-state index contributed by atoms with van der Waals surface area (Å²) in [6.45, 7) is 1.55. The number of benzene rings is 1. The highest BCUT2D eigenvalue weighted by Gasteiger charge is 2.16. The molecule has 0 amide bonds. The summed E-state index contributed by atoms with van der Waals surface area (Å²) in [6, 6.07) is 5.75. The van der Waals surface area contributed by atoms with Crippen molar-refractivity contribution >= 4 is 49.2 Å². The largest absolute Gasteiger partial charge is 0.298 e. The molecule has 1 unspecified atom stereocenters. The second kappa shape index (κ2) is 5.29. The van der Waals surface area contributed by atoms with Crippen LogP contribution in [0.3, 0.4) is 0 Å². The molecule has 0 aliphatic carbocycles. The molecule has 1 aromatic carbocycles. The number of carbonyl (C=O) groups is 1. The van der Waals surface area contributed by atoms with Crippen LogP contribution in [-0.4, -0.2) is 5.78 Å². The van der Waals surface area contributed by atoms with Gasteiger partial charge in [0.05, 0.1) is 4.83 Å². The van der Waals surface area contributed by atoms with Crippen LogP contribution in [0, 0.1) is 0 Å². The number of alkyl halides is 2. The molecule has 1 rings (SSSR count). The Hall–Kier alpha value is 0.140. The molecule has 0 radical (unpaired) electrons. The van der Waals surface area contributed by atoms with E-state index >= 15 is 0 Å². The summed E-state index contributed by atoms with van der Waals surface area (Å²) < 4.78 is 0.951. The maximum Gasteiger partial charge on any atom is 0.147 e. The first-order valence-electron chi connectivity index (χ1n) is 4.05. The first kappa shape index (κ1) is 12.2. The molecule has 0 spiro atoms. The summed E-state index contributed by atoms with van der Waals surface area (Å²) in [5, 5.41) is 0. The molecule has 0 heterocycles. The minimum absolute atomic E-state index is 0.0782. The van der Waals surface area contributed by atoms with Gasteiger partial charge in [-0.25, -0.2) is 0 Å². The Morgan fingerprint density at radius 2 is 2.21 bits per heavy atom. The van der Waals surface area contributed by atoms with Gasteiger partial charge in [0.25, 0.3) is 0 Å². The molecular weight excluding hydrogens is 331 g/mol. The number of halogens is 3. The summed E-state index contributed by atoms with van der Waals surface area (Å²) in [5.41, 5.74) is 1.91. The number of Topliss-reactive ketones (excluding diaryl/α,β-unsaturated/α-hetero) is 1. The van der Waals surface area contributed by atoms with Crippen molar-refractivity contribution in [3.63, 3.8) is 0 Å². The lowest BCUT2D eigenvalue weighted by molar-refractivity contribution is -0.116. The topological polar surface area (TPSA) is 17.1 Å². The molecular formula is C10H9Br2ClO. The minimum atomic E-state index is -0.270. The van der Waals surface area contributed by atoms with Crippen LogP contribution in [0.1, 0.15) is 22.9 Å². The average Bonchev–Trinajstić information content (AvgIpc) is 2.16. The van der Waals surface area contributed by atoms with Crippen molar-refractivity contribution in [1.29, 1.82) is 0 Å². The summed E-state index contributed by atoms with van der Waals surface area (Å²) >= 11 is 12.5. The zero-order chi connectivity index (χ0) is 10.7. The van der Waals surface area contributed by atoms with E-state index in [4.69, 9.17) is 11.6 Å². The third-order valence-electron chi connectivity index (χ3n) is 1.88. The smallest absolute Gasteiger partial charge is 0.147 e. The fourth-order valence-corrected chi connectivity index (χ4v) is 2.19. The predicted octanol–water partition coefficient (Wildman–Crippen LogP) is 4.21. The SMILES string of the molecule is CC(=O)C(Br)c1cc(Br)ccc1CCl. The molecule has 1 nitrogen and oxygen atoms in total. The number of ketones is 1. The zero-order valence-corrected chi connectivity index (χ0v) is 11.5. The Bertz CT molecular complexity index is 352. The molecule has 0 saturated heterocycles. The standard InChI is InChI=1S/C10H9Br2ClO/c1-6(14)10(12)9-4-8(11)3-2-7(9)5-13/h2-4,10H,5H2,1H3. The fraction of sp³-hybridized carbons (Fsp3) is 0.300. The summed E-state index contributed by atoms with van der Waals surface area (Å²) in [5.74, 6) is 0.493. The second-order valence-corrected chi connectivity index (χ2v) is 5.05. The average molecular weight is 340 g/mol. The Balaban J connectivity index is 3.16. The van der Waals surface area contributed by atoms with Crippen molar-refractivity contribution in [1.82, 2.24) is 0 Å². The van der Waals surface area contributed by atoms with Crippen LogP contribution >= 0.6 is 43.5 Å². The quantitative estimate of drug-likeness (QED) is 0.753. The van der Waals surface area contributed by atoms with Gasteiger partial charge in [0.1, 0.15) is 5.78 Å². The molecule has 0 bridgehead atoms. The lowest BCUT2D eigenvalue weighted by Gasteiger charge is -2.11. The van der Waals surface area contributed by atoms with Gasteiger partial charge in [0.15, 0.2) is 0 Å². The normalized spacial score (nSPS) is 12.6. The van der Waals surface area contributed by atoms with E-state index in [9.17, 15) is 4.79 Å². The van der Waals surface area contributed by atoms with Crippen LogP contribution in [0.4, 0.5) is 0 Å². The lowest BCUT2D eigenvalue weighted by Crippen LogP contribution is -2.04. The number of carbonyl (C=O) groups excluding carboxylic acids is 1. The van der Waals surface area contributed by atoms with Gasteiger partial charge in [0.2, 0.25) is 0 Å². The highest BCUT2D eigenvalue weighted by Crippen LogP contribution is 2.30. The van der Waals surface area contributed by atoms with E-state index in [0.29, 0.717) is 5.88 Å². The lowest BCUT2D eigenvalue weighted by atomic mass is 10.0. The molecule has 76 valence electrons. The van der Waals surface area contributed by atoms with E-state index < -0.39 is 0 Å². The summed E-state index contributed by atoms with van der Waals surface area (Å²) in [6.07, 6.45) is 0. The van der Waals surface area contributed by atoms with E-state index in [1.165, 1.54) is 0 Å². The maximum absolute atomic E-state index is 11.2. The van der Waals surface area contributed by atoms with Crippen molar-refractivity contribution in [2.45, 2.75) is 17.6 Å². The molecule has 0 aliphatic rings. The third kappa shape index (κ3) is 2.81. The van der Waals surface area contributed by atoms with Gasteiger partial charge >= 0.3 is 0 Å². The number of hydrogen-bond donors (Lipinski definition) is 0. The van der Waals surface area contributed by atoms with Gasteiger partial charge in [-0.3, -0.25) is 4.79 Å². The predicted molar refractivity (Wildman–Crippen MR) is 66.0 cm³/mol. The summed E-state index contributed by atoms with van der Waals surface area (Å²) in [4.78, 5) is 10.9. The van der Waals surface area contributed by atoms with Crippen LogP contribution < -0.4 is 0 Å². The van der Waals surface area contributed by atoms with E-state index in [0.717, 1.165) is 15.6 Å². The van der Waals surface area contributed by atoms with Gasteiger partial charge in [0, 0.05) is 10.4 Å². The van der Waals surface area contributed by atoms with E-state index in [1.807, 2.05) is 18.2 Å². The number of rotatable bonds is 3. The van der Waals surface area contributed by atoms with Crippen molar-refractivity contribution in [3.05, 3.63) is 33.8 Å². The van der Waals surface area contributed by atoms with Crippen molar-refractivity contribution in [2.24, 2.45) is 0 Å². The van der Waals surface area contributed by atoms with Gasteiger partial charge in [-0.1, -0.05) is 37.9 Å². The Morgan fingerprint density at radius 1 is 1.57 bits per heavy atom. The van der Waals surface area contributed by atoms with Gasteiger partial charge in [-0.15, -0.1) is 11.6 Å². The second-order valence-electron chi connectivity index (χ2n) is 2.95. The highest BCUT2D eigenvalue weighted by atomic mass is 79.9. The van der Waals surface area contributed by atoms with Crippen molar-refractivity contribution in [2.75, 3.05) is 0 Å². The van der Waals surface area contributed by atoms with E-state index in [-0.39, 0.29) is 10.6 Å². The summed E-state index contributed by atoms with van der Waals surface area (Å²) in [7, 11) is 0. The first-order valence-corrected chi connectivity index (χ1v) is 6.29. The molecule has 0 saturated carbocycles. The Morgan fingerprint density at radius 3 is 2.71 bits per heavy atom. The molecule has 0 N–H and O–H groups in total. The maximum atomic E-state index is 11.2. The van der Waals surface area contributed by atoms with Crippen LogP contribution in [0.15, 0.2) is 22.7 Å². The van der Waals surface area contributed by atoms with Crippen LogP contribution in [0.5, 0.6) is 0 Å². The van der Waals surface area contributed by atoms with Gasteiger partial charge in [-0.05, 0) is 30.2 Å². The first-order chi connectivity index (χ1) is 6.56. The van der Waals surface area contributed by atoms with Crippen LogP contribution in [-0.2, 0) is 10.7 Å². The van der Waals surface area contributed by atoms with Gasteiger partial charge < -0.3 is 0 Å². The Labute approximate surface area is 105 Å². The minimum Gasteiger partial charge on any atom is -0.298 e. The van der Waals surface area contributed by atoms with Crippen LogP contribution in [0.25, 0.3) is 0 Å². The molecule has 0 fully saturated rings. The van der Waals surface area contributed by atoms with Crippen molar-refractivity contribution in [3.8, 4) is 0 Å². The van der Waals surface area contributed by atoms with Crippen LogP contribution in [0.2, 0.25) is 0 Å². The molecule has 14 heavy (non-hydrogen) atoms. The number of hydrogen-bond acceptors (Lipinski definition) is 1. The molecule has 0 aromatic heterocycles. The molecule has 4 heteroatoms. The molecule has 0 aliphatic heterocycles. The van der Waals surface area contributed by atoms with E-state index in [2.05, 4.69) is 31.9 Å². The molecule has 1 aromatic rings. The fourth-order valence-electron chi connectivity index (χ4n) is 1.14. The highest BCUT2D eigenvalue weighted by molar-refractivity contribution is 9.10. The molecule has 1 atom stereocenters.